The zero-order valence-electron chi connectivity index (χ0n) is 10.7. The van der Waals surface area contributed by atoms with Crippen LogP contribution in [0.25, 0.3) is 20.2 Å². The predicted molar refractivity (Wildman–Crippen MR) is 78.3 cm³/mol. The highest BCUT2D eigenvalue weighted by Crippen LogP contribution is 2.36. The summed E-state index contributed by atoms with van der Waals surface area (Å²) in [6.45, 7) is 8.77. The van der Waals surface area contributed by atoms with Crippen LogP contribution in [0.5, 0.6) is 0 Å². The van der Waals surface area contributed by atoms with Gasteiger partial charge in [-0.3, -0.25) is 0 Å². The van der Waals surface area contributed by atoms with Crippen LogP contribution in [0.2, 0.25) is 0 Å². The Morgan fingerprint density at radius 3 is 1.35 bits per heavy atom. The maximum absolute atomic E-state index is 2.33. The van der Waals surface area contributed by atoms with Gasteiger partial charge in [0.1, 0.15) is 0 Å². The minimum absolute atomic E-state index is 1.38. The number of rotatable bonds is 0. The molecule has 0 aliphatic heterocycles. The molecule has 0 saturated carbocycles. The lowest BCUT2D eigenvalue weighted by atomic mass is 10.0. The molecule has 1 aromatic heterocycles. The molecule has 0 spiro atoms. The molecular weight excluding hydrogens is 224 g/mol. The van der Waals surface area contributed by atoms with Gasteiger partial charge >= 0.3 is 0 Å². The third-order valence-electron chi connectivity index (χ3n) is 3.70. The van der Waals surface area contributed by atoms with E-state index in [1.807, 2.05) is 11.3 Å². The lowest BCUT2D eigenvalue weighted by Crippen LogP contribution is -1.80. The van der Waals surface area contributed by atoms with Gasteiger partial charge in [-0.15, -0.1) is 11.3 Å². The lowest BCUT2D eigenvalue weighted by molar-refractivity contribution is 1.37. The van der Waals surface area contributed by atoms with Gasteiger partial charge in [-0.05, 0) is 74.2 Å². The molecule has 0 aliphatic carbocycles. The van der Waals surface area contributed by atoms with Crippen LogP contribution < -0.4 is 0 Å². The zero-order valence-corrected chi connectivity index (χ0v) is 11.5. The SMILES string of the molecule is Cc1cc2sc3cc(C)c(C)cc3c2cc1C. The summed E-state index contributed by atoms with van der Waals surface area (Å²) in [6, 6.07) is 9.30. The van der Waals surface area contributed by atoms with Gasteiger partial charge in [-0.2, -0.15) is 0 Å². The topological polar surface area (TPSA) is 0 Å². The Hall–Kier alpha value is -1.34. The van der Waals surface area contributed by atoms with Crippen molar-refractivity contribution in [1.82, 2.24) is 0 Å². The van der Waals surface area contributed by atoms with Crippen molar-refractivity contribution in [3.05, 3.63) is 46.5 Å². The van der Waals surface area contributed by atoms with Gasteiger partial charge < -0.3 is 0 Å². The van der Waals surface area contributed by atoms with Gasteiger partial charge in [0.05, 0.1) is 0 Å². The molecule has 0 nitrogen and oxygen atoms in total. The highest BCUT2D eigenvalue weighted by molar-refractivity contribution is 7.25. The Morgan fingerprint density at radius 2 is 0.941 bits per heavy atom. The van der Waals surface area contributed by atoms with Gasteiger partial charge in [0.15, 0.2) is 0 Å². The summed E-state index contributed by atoms with van der Waals surface area (Å²) in [6.07, 6.45) is 0. The van der Waals surface area contributed by atoms with Crippen molar-refractivity contribution < 1.29 is 0 Å². The lowest BCUT2D eigenvalue weighted by Gasteiger charge is -2.01. The molecule has 0 saturated heterocycles. The highest BCUT2D eigenvalue weighted by atomic mass is 32.1. The van der Waals surface area contributed by atoms with Gasteiger partial charge in [0.25, 0.3) is 0 Å². The van der Waals surface area contributed by atoms with E-state index in [-0.39, 0.29) is 0 Å². The number of benzene rings is 2. The van der Waals surface area contributed by atoms with E-state index < -0.39 is 0 Å². The Kier molecular flexibility index (Phi) is 2.27. The minimum Gasteiger partial charge on any atom is -0.135 e. The number of hydrogen-bond donors (Lipinski definition) is 0. The largest absolute Gasteiger partial charge is 0.135 e. The van der Waals surface area contributed by atoms with Crippen molar-refractivity contribution in [1.29, 1.82) is 0 Å². The molecule has 17 heavy (non-hydrogen) atoms. The Bertz CT molecular complexity index is 670. The van der Waals surface area contributed by atoms with Crippen LogP contribution in [0.15, 0.2) is 24.3 Å². The second kappa shape index (κ2) is 3.58. The molecule has 0 N–H and O–H groups in total. The number of fused-ring (bicyclic) bond motifs is 3. The molecule has 2 aromatic carbocycles. The van der Waals surface area contributed by atoms with E-state index in [9.17, 15) is 0 Å². The first-order valence-corrected chi connectivity index (χ1v) is 6.78. The smallest absolute Gasteiger partial charge is 0.0358 e. The average Bonchev–Trinajstić information content (AvgIpc) is 2.58. The molecule has 0 radical (unpaired) electrons. The van der Waals surface area contributed by atoms with Crippen LogP contribution in [-0.2, 0) is 0 Å². The summed E-state index contributed by atoms with van der Waals surface area (Å²) in [5.74, 6) is 0. The molecule has 86 valence electrons. The molecule has 1 heterocycles. The number of hydrogen-bond acceptors (Lipinski definition) is 1. The van der Waals surface area contributed by atoms with Gasteiger partial charge in [0, 0.05) is 20.2 Å². The minimum atomic E-state index is 1.38. The fraction of sp³-hybridized carbons (Fsp3) is 0.250. The van der Waals surface area contributed by atoms with E-state index in [0.717, 1.165) is 0 Å². The normalized spacial score (nSPS) is 11.5. The Balaban J connectivity index is 2.51. The van der Waals surface area contributed by atoms with Gasteiger partial charge in [-0.25, -0.2) is 0 Å². The first-order valence-electron chi connectivity index (χ1n) is 5.97. The van der Waals surface area contributed by atoms with E-state index >= 15 is 0 Å². The molecule has 1 heteroatoms. The summed E-state index contributed by atoms with van der Waals surface area (Å²) in [4.78, 5) is 0. The standard InChI is InChI=1S/C16H16S/c1-9-5-13-14-6-10(2)12(4)8-16(14)17-15(13)7-11(9)3/h5-8H,1-4H3. The van der Waals surface area contributed by atoms with Gasteiger partial charge in [-0.1, -0.05) is 0 Å². The summed E-state index contributed by atoms with van der Waals surface area (Å²) >= 11 is 1.91. The zero-order chi connectivity index (χ0) is 12.2. The number of thiophene rings is 1. The van der Waals surface area contributed by atoms with Crippen molar-refractivity contribution in [3.8, 4) is 0 Å². The third kappa shape index (κ3) is 1.57. The van der Waals surface area contributed by atoms with Crippen LogP contribution in [0.3, 0.4) is 0 Å². The maximum atomic E-state index is 2.33. The van der Waals surface area contributed by atoms with Crippen LogP contribution >= 0.6 is 11.3 Å². The summed E-state index contributed by atoms with van der Waals surface area (Å²) in [7, 11) is 0. The van der Waals surface area contributed by atoms with E-state index in [2.05, 4.69) is 52.0 Å². The molecule has 3 rings (SSSR count). The van der Waals surface area contributed by atoms with Crippen molar-refractivity contribution in [2.24, 2.45) is 0 Å². The quantitative estimate of drug-likeness (QED) is 0.501. The Labute approximate surface area is 106 Å². The summed E-state index contributed by atoms with van der Waals surface area (Å²) in [5.41, 5.74) is 5.54. The van der Waals surface area contributed by atoms with E-state index in [1.54, 1.807) is 0 Å². The van der Waals surface area contributed by atoms with Gasteiger partial charge in [0.2, 0.25) is 0 Å². The first-order chi connectivity index (χ1) is 8.06. The molecule has 0 unspecified atom stereocenters. The maximum Gasteiger partial charge on any atom is 0.0358 e. The molecule has 0 amide bonds. The molecule has 0 bridgehead atoms. The highest BCUT2D eigenvalue weighted by Gasteiger charge is 2.08. The fourth-order valence-corrected chi connectivity index (χ4v) is 3.55. The van der Waals surface area contributed by atoms with Crippen LogP contribution in [-0.4, -0.2) is 0 Å². The van der Waals surface area contributed by atoms with Crippen molar-refractivity contribution in [3.63, 3.8) is 0 Å². The molecule has 3 aromatic rings. The third-order valence-corrected chi connectivity index (χ3v) is 4.82. The average molecular weight is 240 g/mol. The van der Waals surface area contributed by atoms with E-state index in [0.29, 0.717) is 0 Å². The van der Waals surface area contributed by atoms with Crippen LogP contribution in [0.1, 0.15) is 22.3 Å². The fourth-order valence-electron chi connectivity index (χ4n) is 2.29. The van der Waals surface area contributed by atoms with Crippen molar-refractivity contribution in [2.45, 2.75) is 27.7 Å². The second-order valence-corrected chi connectivity index (χ2v) is 6.05. The summed E-state index contributed by atoms with van der Waals surface area (Å²) < 4.78 is 2.82. The molecular formula is C16H16S. The van der Waals surface area contributed by atoms with E-state index in [4.69, 9.17) is 0 Å². The Morgan fingerprint density at radius 1 is 0.588 bits per heavy atom. The monoisotopic (exact) mass is 240 g/mol. The van der Waals surface area contributed by atoms with Crippen molar-refractivity contribution in [2.75, 3.05) is 0 Å². The molecule has 0 atom stereocenters. The first kappa shape index (κ1) is 10.8. The predicted octanol–water partition coefficient (Wildman–Crippen LogP) is 5.29. The molecule has 0 fully saturated rings. The molecule has 0 aliphatic rings. The van der Waals surface area contributed by atoms with E-state index in [1.165, 1.54) is 42.4 Å². The van der Waals surface area contributed by atoms with Crippen LogP contribution in [0.4, 0.5) is 0 Å². The second-order valence-electron chi connectivity index (χ2n) is 4.97. The summed E-state index contributed by atoms with van der Waals surface area (Å²) in [5, 5.41) is 2.83. The van der Waals surface area contributed by atoms with Crippen LogP contribution in [0, 0.1) is 27.7 Å². The number of aryl methyl sites for hydroxylation is 4. The van der Waals surface area contributed by atoms with Crippen molar-refractivity contribution >= 4 is 31.5 Å².